The van der Waals surface area contributed by atoms with Crippen LogP contribution >= 0.6 is 0 Å². The third-order valence-electron chi connectivity index (χ3n) is 2.94. The number of carbonyl (C=O) groups is 1. The molecule has 0 bridgehead atoms. The van der Waals surface area contributed by atoms with Gasteiger partial charge in [-0.2, -0.15) is 0 Å². The number of aromatic nitrogens is 2. The van der Waals surface area contributed by atoms with Crippen molar-refractivity contribution in [1.29, 1.82) is 0 Å². The monoisotopic (exact) mass is 302 g/mol. The standard InChI is InChI=1S/C15H11FN2O4/c1-9-5-13-17-12(7-14(19)18(13)22-9)8-21-15(20)10-3-2-4-11(16)6-10/h2-7H,8H2,1H3. The maximum absolute atomic E-state index is 13.0. The van der Waals surface area contributed by atoms with Gasteiger partial charge in [-0.3, -0.25) is 4.79 Å². The minimum Gasteiger partial charge on any atom is -0.456 e. The van der Waals surface area contributed by atoms with Crippen molar-refractivity contribution in [2.75, 3.05) is 0 Å². The molecule has 0 atom stereocenters. The van der Waals surface area contributed by atoms with Gasteiger partial charge in [-0.25, -0.2) is 14.2 Å². The van der Waals surface area contributed by atoms with Crippen molar-refractivity contribution in [2.24, 2.45) is 0 Å². The van der Waals surface area contributed by atoms with E-state index in [-0.39, 0.29) is 17.9 Å². The molecule has 0 N–H and O–H groups in total. The van der Waals surface area contributed by atoms with Gasteiger partial charge in [-0.05, 0) is 25.1 Å². The van der Waals surface area contributed by atoms with E-state index >= 15 is 0 Å². The zero-order valence-corrected chi connectivity index (χ0v) is 11.6. The Labute approximate surface area is 123 Å². The lowest BCUT2D eigenvalue weighted by molar-refractivity contribution is 0.0467. The maximum atomic E-state index is 13.0. The number of hydrogen-bond donors (Lipinski definition) is 0. The number of rotatable bonds is 3. The van der Waals surface area contributed by atoms with Crippen LogP contribution in [-0.2, 0) is 11.3 Å². The van der Waals surface area contributed by atoms with Crippen LogP contribution in [0.4, 0.5) is 4.39 Å². The summed E-state index contributed by atoms with van der Waals surface area (Å²) < 4.78 is 24.3. The van der Waals surface area contributed by atoms with Gasteiger partial charge in [0.1, 0.15) is 18.2 Å². The summed E-state index contributed by atoms with van der Waals surface area (Å²) in [6.45, 7) is 1.50. The number of carbonyl (C=O) groups excluding carboxylic acids is 1. The first kappa shape index (κ1) is 14.0. The highest BCUT2D eigenvalue weighted by Crippen LogP contribution is 2.08. The van der Waals surface area contributed by atoms with Gasteiger partial charge in [0.25, 0.3) is 5.56 Å². The quantitative estimate of drug-likeness (QED) is 0.693. The van der Waals surface area contributed by atoms with Gasteiger partial charge >= 0.3 is 5.97 Å². The Morgan fingerprint density at radius 1 is 1.36 bits per heavy atom. The zero-order valence-electron chi connectivity index (χ0n) is 11.6. The van der Waals surface area contributed by atoms with Gasteiger partial charge in [-0.15, -0.1) is 4.57 Å². The topological polar surface area (TPSA) is 73.8 Å². The van der Waals surface area contributed by atoms with Gasteiger partial charge in [0.05, 0.1) is 11.3 Å². The molecule has 0 radical (unpaired) electrons. The Bertz CT molecular complexity index is 913. The summed E-state index contributed by atoms with van der Waals surface area (Å²) in [5.74, 6) is -0.676. The fourth-order valence-corrected chi connectivity index (χ4v) is 1.99. The smallest absolute Gasteiger partial charge is 0.338 e. The van der Waals surface area contributed by atoms with E-state index in [1.54, 1.807) is 13.0 Å². The van der Waals surface area contributed by atoms with Crippen molar-refractivity contribution in [2.45, 2.75) is 13.5 Å². The van der Waals surface area contributed by atoms with Crippen molar-refractivity contribution < 1.29 is 18.4 Å². The molecule has 0 amide bonds. The first-order valence-electron chi connectivity index (χ1n) is 6.45. The molecule has 0 unspecified atom stereocenters. The molecule has 0 aliphatic heterocycles. The van der Waals surface area contributed by atoms with Crippen LogP contribution in [0.2, 0.25) is 0 Å². The zero-order chi connectivity index (χ0) is 15.7. The number of ether oxygens (including phenoxy) is 1. The van der Waals surface area contributed by atoms with Crippen molar-refractivity contribution >= 4 is 11.6 Å². The van der Waals surface area contributed by atoms with Gasteiger partial charge in [0, 0.05) is 12.1 Å². The van der Waals surface area contributed by atoms with Gasteiger partial charge in [0.2, 0.25) is 0 Å². The summed E-state index contributed by atoms with van der Waals surface area (Å²) in [4.78, 5) is 27.8. The average Bonchev–Trinajstić information content (AvgIpc) is 2.86. The molecule has 3 aromatic rings. The molecule has 1 aromatic carbocycles. The van der Waals surface area contributed by atoms with Crippen LogP contribution in [0.25, 0.3) is 5.65 Å². The molecular formula is C15H11FN2O4. The van der Waals surface area contributed by atoms with Crippen LogP contribution in [-0.4, -0.2) is 15.5 Å². The first-order valence-corrected chi connectivity index (χ1v) is 6.45. The number of fused-ring (bicyclic) bond motifs is 1. The SMILES string of the molecule is Cc1cc2nc(COC(=O)c3cccc(F)c3)cc(=O)n2o1. The van der Waals surface area contributed by atoms with E-state index in [4.69, 9.17) is 9.26 Å². The number of esters is 1. The molecule has 0 spiro atoms. The lowest BCUT2D eigenvalue weighted by Gasteiger charge is -2.04. The minimum absolute atomic E-state index is 0.0944. The molecule has 7 heteroatoms. The largest absolute Gasteiger partial charge is 0.456 e. The molecular weight excluding hydrogens is 291 g/mol. The fraction of sp³-hybridized carbons (Fsp3) is 0.133. The fourth-order valence-electron chi connectivity index (χ4n) is 1.99. The summed E-state index contributed by atoms with van der Waals surface area (Å²) >= 11 is 0. The number of hydrogen-bond acceptors (Lipinski definition) is 5. The Hall–Kier alpha value is -2.96. The molecule has 2 aromatic heterocycles. The van der Waals surface area contributed by atoms with Crippen molar-refractivity contribution in [1.82, 2.24) is 9.56 Å². The highest BCUT2D eigenvalue weighted by atomic mass is 19.1. The van der Waals surface area contributed by atoms with E-state index in [0.717, 1.165) is 10.6 Å². The second-order valence-corrected chi connectivity index (χ2v) is 4.67. The summed E-state index contributed by atoms with van der Waals surface area (Å²) in [5, 5.41) is 0. The van der Waals surface area contributed by atoms with Crippen LogP contribution in [0.5, 0.6) is 0 Å². The third-order valence-corrected chi connectivity index (χ3v) is 2.94. The highest BCUT2D eigenvalue weighted by molar-refractivity contribution is 5.89. The second-order valence-electron chi connectivity index (χ2n) is 4.67. The summed E-state index contributed by atoms with van der Waals surface area (Å²) in [6.07, 6.45) is 0. The highest BCUT2D eigenvalue weighted by Gasteiger charge is 2.11. The van der Waals surface area contributed by atoms with E-state index in [2.05, 4.69) is 4.98 Å². The van der Waals surface area contributed by atoms with E-state index in [1.807, 2.05) is 0 Å². The van der Waals surface area contributed by atoms with Gasteiger partial charge in [-0.1, -0.05) is 6.07 Å². The van der Waals surface area contributed by atoms with Crippen LogP contribution in [0.15, 0.2) is 45.7 Å². The van der Waals surface area contributed by atoms with Crippen LogP contribution < -0.4 is 5.56 Å². The lowest BCUT2D eigenvalue weighted by atomic mass is 10.2. The first-order chi connectivity index (χ1) is 10.5. The average molecular weight is 302 g/mol. The summed E-state index contributed by atoms with van der Waals surface area (Å²) in [6, 6.07) is 7.98. The Morgan fingerprint density at radius 3 is 2.95 bits per heavy atom. The Kier molecular flexibility index (Phi) is 3.46. The van der Waals surface area contributed by atoms with Gasteiger partial charge < -0.3 is 9.26 Å². The maximum Gasteiger partial charge on any atom is 0.338 e. The van der Waals surface area contributed by atoms with Gasteiger partial charge in [0.15, 0.2) is 5.65 Å². The van der Waals surface area contributed by atoms with Crippen LogP contribution in [0.1, 0.15) is 21.8 Å². The number of aryl methyl sites for hydroxylation is 1. The van der Waals surface area contributed by atoms with E-state index in [9.17, 15) is 14.0 Å². The third kappa shape index (κ3) is 2.73. The van der Waals surface area contributed by atoms with Crippen LogP contribution in [0.3, 0.4) is 0 Å². The molecule has 0 saturated carbocycles. The molecule has 22 heavy (non-hydrogen) atoms. The summed E-state index contributed by atoms with van der Waals surface area (Å²) in [5.41, 5.74) is 0.309. The Balaban J connectivity index is 1.79. The minimum atomic E-state index is -0.690. The molecule has 0 saturated heterocycles. The van der Waals surface area contributed by atoms with E-state index < -0.39 is 17.3 Å². The predicted molar refractivity (Wildman–Crippen MR) is 74.0 cm³/mol. The molecule has 0 fully saturated rings. The van der Waals surface area contributed by atoms with Crippen molar-refractivity contribution in [3.63, 3.8) is 0 Å². The van der Waals surface area contributed by atoms with Crippen molar-refractivity contribution in [3.8, 4) is 0 Å². The van der Waals surface area contributed by atoms with Crippen LogP contribution in [0, 0.1) is 12.7 Å². The number of halogens is 1. The molecule has 0 aliphatic carbocycles. The molecule has 6 nitrogen and oxygen atoms in total. The van der Waals surface area contributed by atoms with Crippen molar-refractivity contribution in [3.05, 3.63) is 69.6 Å². The molecule has 0 aliphatic rings. The lowest BCUT2D eigenvalue weighted by Crippen LogP contribution is -2.15. The normalized spacial score (nSPS) is 10.8. The van der Waals surface area contributed by atoms with E-state index in [0.29, 0.717) is 11.4 Å². The molecule has 2 heterocycles. The molecule has 3 rings (SSSR count). The summed E-state index contributed by atoms with van der Waals surface area (Å²) in [7, 11) is 0. The second kappa shape index (κ2) is 5.44. The number of nitrogens with zero attached hydrogens (tertiary/aromatic N) is 2. The molecule has 112 valence electrons. The number of benzene rings is 1. The Morgan fingerprint density at radius 2 is 2.18 bits per heavy atom. The predicted octanol–water partition coefficient (Wildman–Crippen LogP) is 2.09. The van der Waals surface area contributed by atoms with E-state index in [1.165, 1.54) is 24.3 Å².